The molecule has 1 unspecified atom stereocenters. The first kappa shape index (κ1) is 16.6. The molecule has 0 fully saturated rings. The zero-order chi connectivity index (χ0) is 16.7. The third kappa shape index (κ3) is 4.88. The molecule has 0 saturated carbocycles. The smallest absolute Gasteiger partial charge is 0.334 e. The van der Waals surface area contributed by atoms with Crippen molar-refractivity contribution in [2.45, 2.75) is 20.0 Å². The molecule has 1 aromatic carbocycles. The number of methoxy groups -OCH3 is 1. The van der Waals surface area contributed by atoms with Crippen LogP contribution in [0.15, 0.2) is 66.7 Å². The number of hydrogen-bond donors (Lipinski definition) is 0. The SMILES string of the molecule is COC=CC(=O)OC1C=CC=CC1=COc1cc(C)ccc1C. The van der Waals surface area contributed by atoms with Crippen LogP contribution >= 0.6 is 0 Å². The lowest BCUT2D eigenvalue weighted by Gasteiger charge is -2.17. The Hall–Kier alpha value is -2.75. The van der Waals surface area contributed by atoms with Crippen LogP contribution in [-0.4, -0.2) is 19.2 Å². The lowest BCUT2D eigenvalue weighted by Crippen LogP contribution is -2.18. The Morgan fingerprint density at radius 2 is 2.04 bits per heavy atom. The van der Waals surface area contributed by atoms with E-state index in [0.29, 0.717) is 0 Å². The van der Waals surface area contributed by atoms with Crippen LogP contribution < -0.4 is 4.74 Å². The third-order valence-electron chi connectivity index (χ3n) is 3.26. The van der Waals surface area contributed by atoms with Crippen molar-refractivity contribution in [3.63, 3.8) is 0 Å². The van der Waals surface area contributed by atoms with Crippen molar-refractivity contribution in [3.05, 3.63) is 77.8 Å². The van der Waals surface area contributed by atoms with E-state index in [0.717, 1.165) is 22.4 Å². The largest absolute Gasteiger partial charge is 0.504 e. The first-order valence-electron chi connectivity index (χ1n) is 7.29. The second-order valence-corrected chi connectivity index (χ2v) is 5.14. The Morgan fingerprint density at radius 1 is 1.22 bits per heavy atom. The van der Waals surface area contributed by atoms with Gasteiger partial charge in [0.15, 0.2) is 0 Å². The van der Waals surface area contributed by atoms with Crippen molar-refractivity contribution in [1.82, 2.24) is 0 Å². The minimum atomic E-state index is -0.487. The van der Waals surface area contributed by atoms with Gasteiger partial charge in [0.05, 0.1) is 25.7 Å². The van der Waals surface area contributed by atoms with E-state index in [1.165, 1.54) is 19.4 Å². The van der Waals surface area contributed by atoms with Crippen LogP contribution in [-0.2, 0) is 14.3 Å². The summed E-state index contributed by atoms with van der Waals surface area (Å²) in [4.78, 5) is 11.7. The first-order valence-corrected chi connectivity index (χ1v) is 7.29. The van der Waals surface area contributed by atoms with E-state index in [1.807, 2.05) is 50.3 Å². The number of allylic oxidation sites excluding steroid dienone is 2. The molecule has 0 bridgehead atoms. The topological polar surface area (TPSA) is 44.8 Å². The zero-order valence-electron chi connectivity index (χ0n) is 13.5. The molecule has 1 aliphatic carbocycles. The Morgan fingerprint density at radius 3 is 2.83 bits per heavy atom. The van der Waals surface area contributed by atoms with E-state index in [9.17, 15) is 4.79 Å². The lowest BCUT2D eigenvalue weighted by atomic mass is 10.1. The second kappa shape index (κ2) is 8.03. The number of esters is 1. The lowest BCUT2D eigenvalue weighted by molar-refractivity contribution is -0.139. The highest BCUT2D eigenvalue weighted by molar-refractivity contribution is 5.82. The Labute approximate surface area is 136 Å². The zero-order valence-corrected chi connectivity index (χ0v) is 13.5. The van der Waals surface area contributed by atoms with E-state index >= 15 is 0 Å². The molecule has 0 N–H and O–H groups in total. The molecule has 23 heavy (non-hydrogen) atoms. The number of hydrogen-bond acceptors (Lipinski definition) is 4. The summed E-state index contributed by atoms with van der Waals surface area (Å²) in [7, 11) is 1.47. The van der Waals surface area contributed by atoms with Crippen LogP contribution in [0.25, 0.3) is 0 Å². The maximum Gasteiger partial charge on any atom is 0.334 e. The predicted molar refractivity (Wildman–Crippen MR) is 88.9 cm³/mol. The highest BCUT2D eigenvalue weighted by atomic mass is 16.5. The van der Waals surface area contributed by atoms with Crippen molar-refractivity contribution in [2.75, 3.05) is 7.11 Å². The average Bonchev–Trinajstić information content (AvgIpc) is 2.55. The molecule has 0 aromatic heterocycles. The number of rotatable bonds is 5. The van der Waals surface area contributed by atoms with Gasteiger partial charge >= 0.3 is 5.97 Å². The van der Waals surface area contributed by atoms with Gasteiger partial charge in [-0.3, -0.25) is 0 Å². The molecular formula is C19H20O4. The molecule has 4 nitrogen and oxygen atoms in total. The molecule has 0 aliphatic heterocycles. The molecule has 120 valence electrons. The van der Waals surface area contributed by atoms with E-state index < -0.39 is 12.1 Å². The fourth-order valence-corrected chi connectivity index (χ4v) is 2.01. The first-order chi connectivity index (χ1) is 11.1. The summed E-state index contributed by atoms with van der Waals surface area (Å²) in [6.07, 6.45) is 11.0. The summed E-state index contributed by atoms with van der Waals surface area (Å²) >= 11 is 0. The van der Waals surface area contributed by atoms with Gasteiger partial charge in [-0.15, -0.1) is 0 Å². The Balaban J connectivity index is 2.10. The quantitative estimate of drug-likeness (QED) is 0.472. The molecule has 0 saturated heterocycles. The summed E-state index contributed by atoms with van der Waals surface area (Å²) in [6, 6.07) is 6.01. The van der Waals surface area contributed by atoms with Crippen LogP contribution in [0.5, 0.6) is 5.75 Å². The van der Waals surface area contributed by atoms with Gasteiger partial charge in [-0.1, -0.05) is 30.4 Å². The van der Waals surface area contributed by atoms with Crippen LogP contribution in [0, 0.1) is 13.8 Å². The second-order valence-electron chi connectivity index (χ2n) is 5.14. The number of carbonyl (C=O) groups is 1. The van der Waals surface area contributed by atoms with Crippen LogP contribution in [0.2, 0.25) is 0 Å². The van der Waals surface area contributed by atoms with Gasteiger partial charge < -0.3 is 14.2 Å². The van der Waals surface area contributed by atoms with Gasteiger partial charge in [0.1, 0.15) is 11.9 Å². The molecule has 0 heterocycles. The number of carbonyl (C=O) groups excluding carboxylic acids is 1. The highest BCUT2D eigenvalue weighted by Crippen LogP contribution is 2.22. The average molecular weight is 312 g/mol. The van der Waals surface area contributed by atoms with E-state index in [2.05, 4.69) is 0 Å². The minimum absolute atomic E-state index is 0.477. The van der Waals surface area contributed by atoms with Gasteiger partial charge in [-0.2, -0.15) is 0 Å². The molecule has 0 amide bonds. The molecule has 0 spiro atoms. The monoisotopic (exact) mass is 312 g/mol. The maximum absolute atomic E-state index is 11.7. The van der Waals surface area contributed by atoms with Crippen molar-refractivity contribution < 1.29 is 19.0 Å². The Bertz CT molecular complexity index is 681. The molecule has 1 atom stereocenters. The van der Waals surface area contributed by atoms with Crippen molar-refractivity contribution in [2.24, 2.45) is 0 Å². The number of ether oxygens (including phenoxy) is 3. The molecule has 4 heteroatoms. The third-order valence-corrected chi connectivity index (χ3v) is 3.26. The fraction of sp³-hybridized carbons (Fsp3) is 0.211. The van der Waals surface area contributed by atoms with Gasteiger partial charge in [-0.05, 0) is 37.1 Å². The summed E-state index contributed by atoms with van der Waals surface area (Å²) in [5.74, 6) is 0.305. The minimum Gasteiger partial charge on any atom is -0.504 e. The summed E-state index contributed by atoms with van der Waals surface area (Å²) in [6.45, 7) is 3.99. The van der Waals surface area contributed by atoms with E-state index in [-0.39, 0.29) is 0 Å². The van der Waals surface area contributed by atoms with Crippen LogP contribution in [0.1, 0.15) is 11.1 Å². The van der Waals surface area contributed by atoms with Gasteiger partial charge in [0.25, 0.3) is 0 Å². The summed E-state index contributed by atoms with van der Waals surface area (Å²) in [5.41, 5.74) is 2.92. The van der Waals surface area contributed by atoms with Crippen molar-refractivity contribution in [1.29, 1.82) is 0 Å². The molecule has 1 aliphatic rings. The number of aryl methyl sites for hydroxylation is 2. The van der Waals surface area contributed by atoms with Crippen LogP contribution in [0.3, 0.4) is 0 Å². The summed E-state index contributed by atoms with van der Waals surface area (Å²) in [5, 5.41) is 0. The van der Waals surface area contributed by atoms with Crippen molar-refractivity contribution in [3.8, 4) is 5.75 Å². The predicted octanol–water partition coefficient (Wildman–Crippen LogP) is 3.76. The molecular weight excluding hydrogens is 292 g/mol. The highest BCUT2D eigenvalue weighted by Gasteiger charge is 2.16. The summed E-state index contributed by atoms with van der Waals surface area (Å²) < 4.78 is 15.8. The molecule has 1 aromatic rings. The van der Waals surface area contributed by atoms with Gasteiger partial charge in [-0.25, -0.2) is 4.79 Å². The maximum atomic E-state index is 11.7. The van der Waals surface area contributed by atoms with Gasteiger partial charge in [0.2, 0.25) is 0 Å². The normalized spacial score (nSPS) is 18.4. The standard InChI is InChI=1S/C19H20O4/c1-14-8-9-15(2)18(12-14)22-13-16-6-4-5-7-17(16)23-19(20)10-11-21-3/h4-13,17H,1-3H3. The fourth-order valence-electron chi connectivity index (χ4n) is 2.01. The van der Waals surface area contributed by atoms with Gasteiger partial charge in [0, 0.05) is 5.57 Å². The molecule has 0 radical (unpaired) electrons. The Kier molecular flexibility index (Phi) is 5.80. The molecule has 2 rings (SSSR count). The van der Waals surface area contributed by atoms with Crippen LogP contribution in [0.4, 0.5) is 0 Å². The van der Waals surface area contributed by atoms with Crippen molar-refractivity contribution >= 4 is 5.97 Å². The van der Waals surface area contributed by atoms with E-state index in [4.69, 9.17) is 14.2 Å². The van der Waals surface area contributed by atoms with E-state index in [1.54, 1.807) is 12.3 Å². The number of benzene rings is 1.